The molecule has 0 saturated carbocycles. The van der Waals surface area contributed by atoms with Crippen LogP contribution < -0.4 is 0 Å². The van der Waals surface area contributed by atoms with Crippen LogP contribution in [0.2, 0.25) is 0 Å². The number of rotatable bonds is 2. The van der Waals surface area contributed by atoms with Gasteiger partial charge in [-0.2, -0.15) is 5.10 Å². The van der Waals surface area contributed by atoms with Crippen molar-refractivity contribution in [3.05, 3.63) is 23.5 Å². The predicted octanol–water partition coefficient (Wildman–Crippen LogP) is 2.08. The van der Waals surface area contributed by atoms with E-state index in [1.807, 2.05) is 6.20 Å². The molecule has 1 N–H and O–H groups in total. The smallest absolute Gasteiger partial charge is 0.155 e. The summed E-state index contributed by atoms with van der Waals surface area (Å²) >= 11 is 0. The van der Waals surface area contributed by atoms with Gasteiger partial charge in [-0.3, -0.25) is 5.10 Å². The van der Waals surface area contributed by atoms with Crippen molar-refractivity contribution < 1.29 is 0 Å². The van der Waals surface area contributed by atoms with Crippen molar-refractivity contribution in [1.29, 1.82) is 0 Å². The number of nitrogens with zero attached hydrogens (tertiary/aromatic N) is 2. The van der Waals surface area contributed by atoms with E-state index in [2.05, 4.69) is 35.1 Å². The van der Waals surface area contributed by atoms with Gasteiger partial charge in [-0.05, 0) is 24.5 Å². The molecule has 13 heavy (non-hydrogen) atoms. The van der Waals surface area contributed by atoms with Crippen LogP contribution in [0, 0.1) is 0 Å². The standard InChI is InChI=1S/C10H13N3/c1-3-7-5-8-6-11-13-10(8)12-9(7)4-2/h5-6H,3-4H2,1-2H3,(H,11,12,13). The quantitative estimate of drug-likeness (QED) is 0.759. The van der Waals surface area contributed by atoms with E-state index in [1.165, 1.54) is 11.3 Å². The summed E-state index contributed by atoms with van der Waals surface area (Å²) in [4.78, 5) is 4.51. The Hall–Kier alpha value is -1.38. The summed E-state index contributed by atoms with van der Waals surface area (Å²) in [6.45, 7) is 4.28. The average molecular weight is 175 g/mol. The molecule has 0 unspecified atom stereocenters. The molecule has 2 rings (SSSR count). The Kier molecular flexibility index (Phi) is 2.00. The van der Waals surface area contributed by atoms with Gasteiger partial charge in [0.2, 0.25) is 0 Å². The van der Waals surface area contributed by atoms with Crippen LogP contribution in [0.25, 0.3) is 11.0 Å². The second-order valence-electron chi connectivity index (χ2n) is 3.11. The highest BCUT2D eigenvalue weighted by Gasteiger charge is 2.04. The molecule has 2 heterocycles. The van der Waals surface area contributed by atoms with E-state index in [0.717, 1.165) is 23.9 Å². The zero-order chi connectivity index (χ0) is 9.26. The number of hydrogen-bond donors (Lipinski definition) is 1. The van der Waals surface area contributed by atoms with E-state index in [9.17, 15) is 0 Å². The SMILES string of the molecule is CCc1cc2cn[nH]c2nc1CC. The number of nitrogens with one attached hydrogen (secondary N) is 1. The molecule has 0 fully saturated rings. The highest BCUT2D eigenvalue weighted by atomic mass is 15.1. The van der Waals surface area contributed by atoms with E-state index in [-0.39, 0.29) is 0 Å². The third-order valence-electron chi connectivity index (χ3n) is 2.31. The van der Waals surface area contributed by atoms with Crippen molar-refractivity contribution in [3.8, 4) is 0 Å². The summed E-state index contributed by atoms with van der Waals surface area (Å²) in [5.41, 5.74) is 3.41. The number of aryl methyl sites for hydroxylation is 2. The number of aromatic amines is 1. The summed E-state index contributed by atoms with van der Waals surface area (Å²) in [6.07, 6.45) is 3.84. The second-order valence-corrected chi connectivity index (χ2v) is 3.11. The molecule has 3 nitrogen and oxygen atoms in total. The molecule has 2 aromatic rings. The Morgan fingerprint density at radius 3 is 2.85 bits per heavy atom. The normalized spacial score (nSPS) is 10.9. The molecule has 0 bridgehead atoms. The van der Waals surface area contributed by atoms with E-state index in [1.54, 1.807) is 0 Å². The third kappa shape index (κ3) is 1.30. The monoisotopic (exact) mass is 175 g/mol. The van der Waals surface area contributed by atoms with Crippen LogP contribution in [0.4, 0.5) is 0 Å². The highest BCUT2D eigenvalue weighted by Crippen LogP contribution is 2.15. The minimum absolute atomic E-state index is 0.897. The van der Waals surface area contributed by atoms with Crippen molar-refractivity contribution in [3.63, 3.8) is 0 Å². The second kappa shape index (κ2) is 3.17. The topological polar surface area (TPSA) is 41.6 Å². The Morgan fingerprint density at radius 2 is 2.15 bits per heavy atom. The Labute approximate surface area is 77.2 Å². The molecule has 0 saturated heterocycles. The highest BCUT2D eigenvalue weighted by molar-refractivity contribution is 5.74. The van der Waals surface area contributed by atoms with Gasteiger partial charge in [-0.15, -0.1) is 0 Å². The Balaban J connectivity index is 2.67. The lowest BCUT2D eigenvalue weighted by molar-refractivity contribution is 0.971. The molecule has 0 amide bonds. The first-order chi connectivity index (χ1) is 6.35. The molecule has 0 radical (unpaired) electrons. The fourth-order valence-electron chi connectivity index (χ4n) is 1.57. The van der Waals surface area contributed by atoms with E-state index in [4.69, 9.17) is 0 Å². The number of hydrogen-bond acceptors (Lipinski definition) is 2. The largest absolute Gasteiger partial charge is 0.261 e. The first kappa shape index (κ1) is 8.23. The van der Waals surface area contributed by atoms with Crippen LogP contribution in [-0.4, -0.2) is 15.2 Å². The van der Waals surface area contributed by atoms with Crippen LogP contribution in [0.15, 0.2) is 12.3 Å². The third-order valence-corrected chi connectivity index (χ3v) is 2.31. The maximum atomic E-state index is 4.51. The number of aromatic nitrogens is 3. The van der Waals surface area contributed by atoms with Crippen LogP contribution in [0.3, 0.4) is 0 Å². The van der Waals surface area contributed by atoms with Gasteiger partial charge in [0.1, 0.15) is 0 Å². The molecule has 0 aliphatic rings. The van der Waals surface area contributed by atoms with Crippen molar-refractivity contribution in [2.24, 2.45) is 0 Å². The fraction of sp³-hybridized carbons (Fsp3) is 0.400. The zero-order valence-corrected chi connectivity index (χ0v) is 7.96. The maximum Gasteiger partial charge on any atom is 0.155 e. The lowest BCUT2D eigenvalue weighted by atomic mass is 10.1. The van der Waals surface area contributed by atoms with Gasteiger partial charge in [0.25, 0.3) is 0 Å². The maximum absolute atomic E-state index is 4.51. The molecule has 0 aromatic carbocycles. The van der Waals surface area contributed by atoms with Crippen LogP contribution in [0.5, 0.6) is 0 Å². The van der Waals surface area contributed by atoms with Crippen LogP contribution >= 0.6 is 0 Å². The van der Waals surface area contributed by atoms with E-state index < -0.39 is 0 Å². The molecule has 2 aromatic heterocycles. The van der Waals surface area contributed by atoms with Crippen molar-refractivity contribution in [1.82, 2.24) is 15.2 Å². The van der Waals surface area contributed by atoms with Crippen molar-refractivity contribution >= 4 is 11.0 Å². The van der Waals surface area contributed by atoms with Crippen molar-refractivity contribution in [2.45, 2.75) is 26.7 Å². The van der Waals surface area contributed by atoms with Gasteiger partial charge in [-0.25, -0.2) is 4.98 Å². The van der Waals surface area contributed by atoms with Gasteiger partial charge in [0.05, 0.1) is 6.20 Å². The first-order valence-electron chi connectivity index (χ1n) is 4.67. The van der Waals surface area contributed by atoms with Crippen LogP contribution in [-0.2, 0) is 12.8 Å². The van der Waals surface area contributed by atoms with Gasteiger partial charge in [-0.1, -0.05) is 13.8 Å². The molecule has 0 aliphatic heterocycles. The molecule has 3 heteroatoms. The summed E-state index contributed by atoms with van der Waals surface area (Å²) in [5.74, 6) is 0. The van der Waals surface area contributed by atoms with E-state index >= 15 is 0 Å². The molecular formula is C10H13N3. The van der Waals surface area contributed by atoms with Gasteiger partial charge >= 0.3 is 0 Å². The summed E-state index contributed by atoms with van der Waals surface area (Å²) in [6, 6.07) is 2.17. The minimum atomic E-state index is 0.897. The predicted molar refractivity (Wildman–Crippen MR) is 52.6 cm³/mol. The van der Waals surface area contributed by atoms with Crippen molar-refractivity contribution in [2.75, 3.05) is 0 Å². The van der Waals surface area contributed by atoms with E-state index in [0.29, 0.717) is 0 Å². The molecular weight excluding hydrogens is 162 g/mol. The molecule has 0 atom stereocenters. The molecule has 0 spiro atoms. The van der Waals surface area contributed by atoms with Gasteiger partial charge < -0.3 is 0 Å². The minimum Gasteiger partial charge on any atom is -0.261 e. The number of pyridine rings is 1. The number of H-pyrrole nitrogens is 1. The Morgan fingerprint density at radius 1 is 1.31 bits per heavy atom. The number of fused-ring (bicyclic) bond motifs is 1. The summed E-state index contributed by atoms with van der Waals surface area (Å²) in [5, 5.41) is 7.95. The Bertz CT molecular complexity index is 379. The lowest BCUT2D eigenvalue weighted by Gasteiger charge is -2.03. The fourth-order valence-corrected chi connectivity index (χ4v) is 1.57. The van der Waals surface area contributed by atoms with Gasteiger partial charge in [0, 0.05) is 11.1 Å². The first-order valence-corrected chi connectivity index (χ1v) is 4.67. The molecule has 0 aliphatic carbocycles. The zero-order valence-electron chi connectivity index (χ0n) is 7.96. The lowest BCUT2D eigenvalue weighted by Crippen LogP contribution is -1.95. The average Bonchev–Trinajstić information content (AvgIpc) is 2.62. The summed E-state index contributed by atoms with van der Waals surface area (Å²) in [7, 11) is 0. The summed E-state index contributed by atoms with van der Waals surface area (Å²) < 4.78 is 0. The van der Waals surface area contributed by atoms with Crippen LogP contribution in [0.1, 0.15) is 25.1 Å². The molecule has 68 valence electrons. The van der Waals surface area contributed by atoms with Gasteiger partial charge in [0.15, 0.2) is 5.65 Å².